The van der Waals surface area contributed by atoms with Gasteiger partial charge in [-0.05, 0) is 157 Å². The van der Waals surface area contributed by atoms with Crippen molar-refractivity contribution in [2.45, 2.75) is 156 Å². The lowest BCUT2D eigenvalue weighted by Crippen LogP contribution is -2.45. The van der Waals surface area contributed by atoms with Gasteiger partial charge in [0.25, 0.3) is 0 Å². The van der Waals surface area contributed by atoms with Gasteiger partial charge in [0.2, 0.25) is 0 Å². The zero-order valence-corrected chi connectivity index (χ0v) is 46.0. The van der Waals surface area contributed by atoms with Gasteiger partial charge >= 0.3 is 36.3 Å². The summed E-state index contributed by atoms with van der Waals surface area (Å²) in [6.45, 7) is 24.9. The molecule has 404 valence electrons. The maximum absolute atomic E-state index is 12.9. The molecule has 4 heterocycles. The molecule has 0 aromatic carbocycles. The zero-order chi connectivity index (χ0) is 55.2. The molecule has 0 saturated heterocycles. The number of imidazole rings is 2. The van der Waals surface area contributed by atoms with E-state index in [0.29, 0.717) is 48.7 Å². The molecular formula is C54H76N8O12. The van der Waals surface area contributed by atoms with E-state index in [-0.39, 0.29) is 48.7 Å². The second-order valence-corrected chi connectivity index (χ2v) is 23.3. The molecule has 0 radical (unpaired) electrons. The first-order chi connectivity index (χ1) is 34.3. The van der Waals surface area contributed by atoms with Gasteiger partial charge < -0.3 is 28.4 Å². The third-order valence-electron chi connectivity index (χ3n) is 12.0. The van der Waals surface area contributed by atoms with E-state index in [1.165, 1.54) is 14.2 Å². The number of pyridine rings is 2. The first-order valence-electron chi connectivity index (χ1n) is 24.9. The van der Waals surface area contributed by atoms with Crippen molar-refractivity contribution in [3.8, 4) is 11.6 Å². The fraction of sp³-hybridized carbons (Fsp3) is 0.593. The van der Waals surface area contributed by atoms with Crippen LogP contribution in [0.1, 0.15) is 134 Å². The summed E-state index contributed by atoms with van der Waals surface area (Å²) in [6, 6.07) is 11.1. The average molecular weight is 1030 g/mol. The van der Waals surface area contributed by atoms with Crippen molar-refractivity contribution < 1.29 is 57.2 Å². The van der Waals surface area contributed by atoms with Crippen molar-refractivity contribution in [1.82, 2.24) is 38.9 Å². The van der Waals surface area contributed by atoms with E-state index in [9.17, 15) is 28.8 Å². The highest BCUT2D eigenvalue weighted by molar-refractivity contribution is 5.89. The maximum atomic E-state index is 12.9. The molecule has 20 nitrogen and oxygen atoms in total. The van der Waals surface area contributed by atoms with E-state index in [1.54, 1.807) is 130 Å². The number of aromatic nitrogens is 6. The number of ether oxygens (including phenoxy) is 6. The van der Waals surface area contributed by atoms with Crippen LogP contribution < -0.4 is 0 Å². The lowest BCUT2D eigenvalue weighted by Gasteiger charge is -2.30. The summed E-state index contributed by atoms with van der Waals surface area (Å²) in [5.74, 6) is 0.250. The van der Waals surface area contributed by atoms with Crippen LogP contribution in [0.5, 0.6) is 0 Å². The molecule has 0 aliphatic heterocycles. The molecule has 4 aromatic heterocycles. The first-order valence-corrected chi connectivity index (χ1v) is 24.9. The molecule has 2 aliphatic rings. The van der Waals surface area contributed by atoms with Crippen molar-refractivity contribution in [3.63, 3.8) is 0 Å². The standard InChI is InChI=1S/2C27H38N4O6/c2*1-18(15-31(23(33)36-25(2,3)4)24(34)37-26(5,6)7)13-19-14-27(19,22(32)35-8)20-16-30(17-29-20)21-11-9-10-12-28-21/h2*9-12,16-19H,13-15H2,1-8H3/t18-,19+,27-;18-,19-,27+/m00/s1. The number of esters is 2. The largest absolute Gasteiger partial charge is 0.468 e. The second-order valence-electron chi connectivity index (χ2n) is 23.3. The van der Waals surface area contributed by atoms with E-state index >= 15 is 0 Å². The number of carbonyl (C=O) groups excluding carboxylic acids is 6. The summed E-state index contributed by atoms with van der Waals surface area (Å²) in [4.78, 5) is 97.1. The molecule has 0 unspecified atom stereocenters. The first kappa shape index (κ1) is 58.0. The van der Waals surface area contributed by atoms with Crippen LogP contribution in [0.25, 0.3) is 11.6 Å². The van der Waals surface area contributed by atoms with Crippen LogP contribution in [0.3, 0.4) is 0 Å². The molecule has 0 spiro atoms. The van der Waals surface area contributed by atoms with Gasteiger partial charge in [0.1, 0.15) is 57.5 Å². The molecule has 74 heavy (non-hydrogen) atoms. The monoisotopic (exact) mass is 1030 g/mol. The maximum Gasteiger partial charge on any atom is 0.419 e. The SMILES string of the molecule is COC(=O)[C@@]1(c2cn(-c3ccccn3)cn2)C[C@H]1C[C@H](C)CN(C(=O)OC(C)(C)C)C(=O)OC(C)(C)C.COC(=O)[C@]1(c2cn(-c3ccccn3)cn2)C[C@@H]1C[C@H](C)CN(C(=O)OC(C)(C)C)C(=O)OC(C)(C)C. The normalized spacial score (nSPS) is 20.1. The number of nitrogens with zero attached hydrogens (tertiary/aromatic N) is 8. The second kappa shape index (κ2) is 22.7. The molecule has 0 bridgehead atoms. The summed E-state index contributed by atoms with van der Waals surface area (Å²) >= 11 is 0. The summed E-state index contributed by atoms with van der Waals surface area (Å²) in [6.07, 6.45) is 9.43. The minimum absolute atomic E-state index is 0.0684. The summed E-state index contributed by atoms with van der Waals surface area (Å²) in [5.41, 5.74) is -3.64. The highest BCUT2D eigenvalue weighted by Gasteiger charge is 2.64. The van der Waals surface area contributed by atoms with Gasteiger partial charge in [-0.3, -0.25) is 18.7 Å². The molecule has 20 heteroatoms. The number of carbonyl (C=O) groups is 6. The Morgan fingerprint density at radius 1 is 0.541 bits per heavy atom. The summed E-state index contributed by atoms with van der Waals surface area (Å²) < 4.78 is 35.7. The number of rotatable bonds is 14. The van der Waals surface area contributed by atoms with Gasteiger partial charge in [0.15, 0.2) is 0 Å². The lowest BCUT2D eigenvalue weighted by atomic mass is 9.94. The Hall–Kier alpha value is -6.86. The van der Waals surface area contributed by atoms with Crippen LogP contribution in [-0.2, 0) is 48.8 Å². The van der Waals surface area contributed by atoms with Crippen molar-refractivity contribution in [2.24, 2.45) is 23.7 Å². The van der Waals surface area contributed by atoms with Crippen LogP contribution >= 0.6 is 0 Å². The van der Waals surface area contributed by atoms with Crippen molar-refractivity contribution in [3.05, 3.63) is 85.2 Å². The molecule has 4 aromatic rings. The van der Waals surface area contributed by atoms with Gasteiger partial charge in [-0.2, -0.15) is 0 Å². The summed E-state index contributed by atoms with van der Waals surface area (Å²) in [7, 11) is 2.73. The fourth-order valence-corrected chi connectivity index (χ4v) is 8.76. The van der Waals surface area contributed by atoms with Crippen LogP contribution in [0.15, 0.2) is 73.8 Å². The van der Waals surface area contributed by atoms with Crippen LogP contribution in [-0.4, -0.2) is 125 Å². The number of hydrogen-bond acceptors (Lipinski definition) is 16. The van der Waals surface area contributed by atoms with E-state index in [1.807, 2.05) is 50.2 Å². The lowest BCUT2D eigenvalue weighted by molar-refractivity contribution is -0.145. The average Bonchev–Trinajstić information content (AvgIpc) is 3.99. The summed E-state index contributed by atoms with van der Waals surface area (Å²) in [5, 5.41) is 0. The number of hydrogen-bond donors (Lipinski definition) is 0. The van der Waals surface area contributed by atoms with E-state index < -0.39 is 57.6 Å². The van der Waals surface area contributed by atoms with E-state index in [0.717, 1.165) is 9.80 Å². The van der Waals surface area contributed by atoms with E-state index in [2.05, 4.69) is 19.9 Å². The quantitative estimate of drug-likeness (QED) is 0.0846. The molecule has 6 rings (SSSR count). The molecule has 0 N–H and O–H groups in total. The highest BCUT2D eigenvalue weighted by atomic mass is 16.6. The Morgan fingerprint density at radius 2 is 0.851 bits per heavy atom. The van der Waals surface area contributed by atoms with Crippen LogP contribution in [0, 0.1) is 23.7 Å². The Bertz CT molecular complexity index is 2360. The predicted molar refractivity (Wildman–Crippen MR) is 272 cm³/mol. The number of amides is 4. The molecule has 2 fully saturated rings. The molecule has 6 atom stereocenters. The van der Waals surface area contributed by atoms with Crippen molar-refractivity contribution >= 4 is 36.3 Å². The zero-order valence-electron chi connectivity index (χ0n) is 46.0. The van der Waals surface area contributed by atoms with Gasteiger partial charge in [0.05, 0.1) is 25.6 Å². The van der Waals surface area contributed by atoms with Gasteiger partial charge in [-0.25, -0.2) is 48.9 Å². The molecule has 2 saturated carbocycles. The Balaban J connectivity index is 0.000000274. The van der Waals surface area contributed by atoms with Crippen LogP contribution in [0.2, 0.25) is 0 Å². The number of methoxy groups -OCH3 is 2. The van der Waals surface area contributed by atoms with Crippen LogP contribution in [0.4, 0.5) is 19.2 Å². The highest BCUT2D eigenvalue weighted by Crippen LogP contribution is 2.58. The predicted octanol–water partition coefficient (Wildman–Crippen LogP) is 9.79. The smallest absolute Gasteiger partial charge is 0.419 e. The van der Waals surface area contributed by atoms with E-state index in [4.69, 9.17) is 28.4 Å². The minimum atomic E-state index is -0.883. The Morgan fingerprint density at radius 3 is 1.11 bits per heavy atom. The van der Waals surface area contributed by atoms with Crippen molar-refractivity contribution in [1.29, 1.82) is 0 Å². The molecule has 2 aliphatic carbocycles. The fourth-order valence-electron chi connectivity index (χ4n) is 8.76. The van der Waals surface area contributed by atoms with Gasteiger partial charge in [-0.1, -0.05) is 26.0 Å². The third kappa shape index (κ3) is 15.1. The van der Waals surface area contributed by atoms with Gasteiger partial charge in [-0.15, -0.1) is 0 Å². The topological polar surface area (TPSA) is 226 Å². The third-order valence-corrected chi connectivity index (χ3v) is 12.0. The van der Waals surface area contributed by atoms with Gasteiger partial charge in [0, 0.05) is 37.9 Å². The Labute approximate surface area is 434 Å². The Kier molecular flexibility index (Phi) is 17.8. The van der Waals surface area contributed by atoms with Crippen molar-refractivity contribution in [2.75, 3.05) is 27.3 Å². The molecular weight excluding hydrogens is 953 g/mol. The minimum Gasteiger partial charge on any atom is -0.468 e. The molecule has 4 amide bonds. The number of imide groups is 2.